The quantitative estimate of drug-likeness (QED) is 0.403. The summed E-state index contributed by atoms with van der Waals surface area (Å²) in [5, 5.41) is 12.4. The Morgan fingerprint density at radius 3 is 2.66 bits per heavy atom. The fourth-order valence-corrected chi connectivity index (χ4v) is 4.36. The summed E-state index contributed by atoms with van der Waals surface area (Å²) >= 11 is 1.50. The molecule has 2 N–H and O–H groups in total. The molecule has 0 saturated heterocycles. The van der Waals surface area contributed by atoms with Crippen LogP contribution in [0.2, 0.25) is 0 Å². The van der Waals surface area contributed by atoms with Crippen LogP contribution < -0.4 is 10.6 Å². The number of rotatable bonds is 5. The molecule has 0 aliphatic rings. The van der Waals surface area contributed by atoms with Crippen LogP contribution in [0.25, 0.3) is 22.2 Å². The predicted octanol–water partition coefficient (Wildman–Crippen LogP) is 5.22. The third-order valence-corrected chi connectivity index (χ3v) is 6.21. The zero-order chi connectivity index (χ0) is 22.9. The van der Waals surface area contributed by atoms with Gasteiger partial charge in [0.15, 0.2) is 5.13 Å². The van der Waals surface area contributed by atoms with Crippen LogP contribution in [-0.2, 0) is 10.2 Å². The van der Waals surface area contributed by atoms with Crippen LogP contribution in [0.5, 0.6) is 0 Å². The Morgan fingerprint density at radius 1 is 1.16 bits per heavy atom. The fourth-order valence-electron chi connectivity index (χ4n) is 3.33. The van der Waals surface area contributed by atoms with Gasteiger partial charge in [-0.1, -0.05) is 38.1 Å². The maximum atomic E-state index is 12.4. The van der Waals surface area contributed by atoms with E-state index in [1.165, 1.54) is 17.4 Å². The average molecular weight is 449 g/mol. The normalized spacial score (nSPS) is 11.9. The number of nitrogens with one attached hydrogen (secondary N) is 2. The van der Waals surface area contributed by atoms with Crippen molar-refractivity contribution in [1.29, 1.82) is 0 Å². The first-order valence-electron chi connectivity index (χ1n) is 10.1. The lowest BCUT2D eigenvalue weighted by Gasteiger charge is -2.16. The molecule has 3 aromatic heterocycles. The molecule has 8 nitrogen and oxygen atoms in total. The summed E-state index contributed by atoms with van der Waals surface area (Å²) in [6.45, 7) is 10.1. The van der Waals surface area contributed by atoms with Crippen molar-refractivity contribution < 1.29 is 9.32 Å². The molecule has 0 aliphatic heterocycles. The van der Waals surface area contributed by atoms with Gasteiger partial charge in [-0.25, -0.2) is 9.97 Å². The van der Waals surface area contributed by atoms with E-state index in [2.05, 4.69) is 51.5 Å². The minimum atomic E-state index is -0.269. The molecule has 0 unspecified atom stereocenters. The van der Waals surface area contributed by atoms with E-state index in [0.717, 1.165) is 26.9 Å². The van der Waals surface area contributed by atoms with E-state index in [9.17, 15) is 4.79 Å². The van der Waals surface area contributed by atoms with Gasteiger partial charge in [0.05, 0.1) is 5.69 Å². The number of aromatic nitrogens is 4. The topological polar surface area (TPSA) is 106 Å². The molecule has 0 spiro atoms. The van der Waals surface area contributed by atoms with Gasteiger partial charge < -0.3 is 9.84 Å². The van der Waals surface area contributed by atoms with Crippen LogP contribution >= 0.6 is 11.3 Å². The van der Waals surface area contributed by atoms with E-state index in [1.807, 2.05) is 31.2 Å². The van der Waals surface area contributed by atoms with Crippen LogP contribution in [-0.4, -0.2) is 26.0 Å². The van der Waals surface area contributed by atoms with E-state index >= 15 is 0 Å². The highest BCUT2D eigenvalue weighted by Gasteiger charge is 2.21. The van der Waals surface area contributed by atoms with Gasteiger partial charge >= 0.3 is 0 Å². The number of benzene rings is 1. The Hall–Kier alpha value is -3.59. The summed E-state index contributed by atoms with van der Waals surface area (Å²) in [5.41, 5.74) is 1.75. The Bertz CT molecular complexity index is 1320. The van der Waals surface area contributed by atoms with Gasteiger partial charge in [-0.05, 0) is 29.9 Å². The zero-order valence-corrected chi connectivity index (χ0v) is 19.4. The number of fused-ring (bicyclic) bond motifs is 1. The number of hydrogen-bond acceptors (Lipinski definition) is 8. The summed E-state index contributed by atoms with van der Waals surface area (Å²) in [6, 6.07) is 7.76. The van der Waals surface area contributed by atoms with Gasteiger partial charge in [-0.15, -0.1) is 11.3 Å². The highest BCUT2D eigenvalue weighted by molar-refractivity contribution is 7.16. The largest absolute Gasteiger partial charge is 0.346 e. The number of amides is 1. The smallest absolute Gasteiger partial charge is 0.251 e. The van der Waals surface area contributed by atoms with Crippen molar-refractivity contribution >= 4 is 39.0 Å². The Labute approximate surface area is 189 Å². The maximum Gasteiger partial charge on any atom is 0.251 e. The van der Waals surface area contributed by atoms with E-state index in [4.69, 9.17) is 4.52 Å². The summed E-state index contributed by atoms with van der Waals surface area (Å²) in [5.74, 6) is 1.37. The third kappa shape index (κ3) is 4.67. The highest BCUT2D eigenvalue weighted by atomic mass is 32.1. The van der Waals surface area contributed by atoms with Crippen LogP contribution in [0.1, 0.15) is 37.2 Å². The van der Waals surface area contributed by atoms with Crippen LogP contribution in [0.3, 0.4) is 0 Å². The third-order valence-electron chi connectivity index (χ3n) is 4.71. The van der Waals surface area contributed by atoms with Crippen molar-refractivity contribution in [3.8, 4) is 11.4 Å². The molecule has 0 saturated carbocycles. The lowest BCUT2D eigenvalue weighted by Crippen LogP contribution is -2.10. The summed E-state index contributed by atoms with van der Waals surface area (Å²) < 4.78 is 5.08. The number of aryl methyl sites for hydroxylation is 2. The van der Waals surface area contributed by atoms with Crippen molar-refractivity contribution in [3.63, 3.8) is 0 Å². The van der Waals surface area contributed by atoms with Crippen molar-refractivity contribution in [2.75, 3.05) is 10.6 Å². The first-order valence-corrected chi connectivity index (χ1v) is 10.9. The predicted molar refractivity (Wildman–Crippen MR) is 127 cm³/mol. The highest BCUT2D eigenvalue weighted by Crippen LogP contribution is 2.33. The van der Waals surface area contributed by atoms with Gasteiger partial charge in [0.1, 0.15) is 5.82 Å². The molecule has 4 aromatic rings. The first kappa shape index (κ1) is 21.6. The summed E-state index contributed by atoms with van der Waals surface area (Å²) in [6.07, 6.45) is 4.69. The van der Waals surface area contributed by atoms with Crippen LogP contribution in [0.15, 0.2) is 47.3 Å². The van der Waals surface area contributed by atoms with E-state index in [0.29, 0.717) is 22.7 Å². The van der Waals surface area contributed by atoms with Gasteiger partial charge in [-0.3, -0.25) is 10.1 Å². The van der Waals surface area contributed by atoms with E-state index in [-0.39, 0.29) is 11.3 Å². The number of hydrogen-bond donors (Lipinski definition) is 2. The van der Waals surface area contributed by atoms with Gasteiger partial charge in [0.2, 0.25) is 11.7 Å². The second-order valence-corrected chi connectivity index (χ2v) is 9.38. The number of carbonyl (C=O) groups is 1. The number of nitrogens with zero attached hydrogens (tertiary/aromatic N) is 4. The standard InChI is InChI=1S/C23H24N6O2S/c1-13-19(23(3,4)5)32-22(26-13)28-18(30)9-11-25-21-17-12-16(20-27-14(2)31-29-20)7-6-15(17)8-10-24-21/h6-12H,1-5H3,(H,24,25)(H,26,28,30). The van der Waals surface area contributed by atoms with Crippen molar-refractivity contribution in [1.82, 2.24) is 20.1 Å². The average Bonchev–Trinajstić information content (AvgIpc) is 3.33. The van der Waals surface area contributed by atoms with Crippen molar-refractivity contribution in [3.05, 3.63) is 59.2 Å². The monoisotopic (exact) mass is 448 g/mol. The lowest BCUT2D eigenvalue weighted by atomic mass is 9.94. The second-order valence-electron chi connectivity index (χ2n) is 8.38. The molecule has 4 rings (SSSR count). The molecule has 0 bridgehead atoms. The van der Waals surface area contributed by atoms with Crippen molar-refractivity contribution in [2.45, 2.75) is 40.0 Å². The number of thiazole rings is 1. The van der Waals surface area contributed by atoms with Gasteiger partial charge in [0.25, 0.3) is 5.91 Å². The molecule has 32 heavy (non-hydrogen) atoms. The minimum absolute atomic E-state index is 0.0127. The molecule has 9 heteroatoms. The minimum Gasteiger partial charge on any atom is -0.346 e. The van der Waals surface area contributed by atoms with Gasteiger partial charge in [-0.2, -0.15) is 4.98 Å². The molecule has 164 valence electrons. The maximum absolute atomic E-state index is 12.4. The first-order chi connectivity index (χ1) is 15.2. The Kier molecular flexibility index (Phi) is 5.75. The molecule has 1 aromatic carbocycles. The fraction of sp³-hybridized carbons (Fsp3) is 0.261. The number of carbonyl (C=O) groups excluding carboxylic acids is 1. The molecular weight excluding hydrogens is 424 g/mol. The molecule has 0 fully saturated rings. The van der Waals surface area contributed by atoms with E-state index < -0.39 is 0 Å². The molecule has 0 aliphatic carbocycles. The summed E-state index contributed by atoms with van der Waals surface area (Å²) in [4.78, 5) is 26.7. The Balaban J connectivity index is 1.49. The molecule has 1 amide bonds. The molecule has 0 radical (unpaired) electrons. The lowest BCUT2D eigenvalue weighted by molar-refractivity contribution is -0.111. The zero-order valence-electron chi connectivity index (χ0n) is 18.6. The van der Waals surface area contributed by atoms with Gasteiger partial charge in [0, 0.05) is 41.2 Å². The van der Waals surface area contributed by atoms with Crippen molar-refractivity contribution in [2.24, 2.45) is 0 Å². The van der Waals surface area contributed by atoms with Crippen LogP contribution in [0.4, 0.5) is 10.9 Å². The van der Waals surface area contributed by atoms with E-state index in [1.54, 1.807) is 19.3 Å². The molecule has 3 heterocycles. The molecule has 0 atom stereocenters. The van der Waals surface area contributed by atoms with Crippen LogP contribution in [0, 0.1) is 13.8 Å². The SMILES string of the molecule is Cc1nc(-c2ccc3ccnc(NC=CC(=O)Nc4nc(C)c(C(C)(C)C)s4)c3c2)no1. The Morgan fingerprint density at radius 2 is 1.97 bits per heavy atom. The number of anilines is 2. The molecular formula is C23H24N6O2S. The second kappa shape index (κ2) is 8.51. The number of pyridine rings is 1. The summed E-state index contributed by atoms with van der Waals surface area (Å²) in [7, 11) is 0.